The summed E-state index contributed by atoms with van der Waals surface area (Å²) in [5, 5.41) is 16.5. The highest BCUT2D eigenvalue weighted by Gasteiger charge is 2.21. The van der Waals surface area contributed by atoms with Gasteiger partial charge in [-0.25, -0.2) is 14.4 Å². The summed E-state index contributed by atoms with van der Waals surface area (Å²) in [4.78, 5) is 41.3. The minimum absolute atomic E-state index is 0.206. The molecule has 5 heterocycles. The van der Waals surface area contributed by atoms with Gasteiger partial charge in [0, 0.05) is 56.6 Å². The van der Waals surface area contributed by atoms with E-state index in [0.29, 0.717) is 54.3 Å². The first-order valence-electron chi connectivity index (χ1n) is 13.4. The molecule has 11 heteroatoms. The molecule has 1 aromatic carbocycles. The van der Waals surface area contributed by atoms with Crippen molar-refractivity contribution in [3.8, 4) is 11.3 Å². The maximum absolute atomic E-state index is 15.4. The molecule has 0 radical (unpaired) electrons. The number of halogens is 1. The molecule has 4 N–H and O–H groups in total. The number of carbonyl (C=O) groups excluding carboxylic acids is 1. The summed E-state index contributed by atoms with van der Waals surface area (Å²) in [5.74, 6) is -0.264. The van der Waals surface area contributed by atoms with Crippen LogP contribution in [0.4, 0.5) is 21.6 Å². The molecule has 2 aliphatic rings. The lowest BCUT2D eigenvalue weighted by molar-refractivity contribution is 0.0735. The summed E-state index contributed by atoms with van der Waals surface area (Å²) in [5.41, 5.74) is 2.27. The van der Waals surface area contributed by atoms with E-state index in [1.807, 2.05) is 12.1 Å². The van der Waals surface area contributed by atoms with Gasteiger partial charge in [0.15, 0.2) is 0 Å². The van der Waals surface area contributed by atoms with Crippen LogP contribution < -0.4 is 21.1 Å². The largest absolute Gasteiger partial charge is 0.393 e. The SMILES string of the molecule is O=C(c1ccc(-c2cc(Nc3ccc(N4CCC(O)CC4)cn3)c3c(=O)[nH]ccc3n2)c(F)c1)N1CCNCC1. The number of aromatic amines is 1. The van der Waals surface area contributed by atoms with Crippen molar-refractivity contribution in [3.63, 3.8) is 0 Å². The molecule has 40 heavy (non-hydrogen) atoms. The van der Waals surface area contributed by atoms with E-state index in [0.717, 1.165) is 31.6 Å². The van der Waals surface area contributed by atoms with Crippen molar-refractivity contribution >= 4 is 34.0 Å². The van der Waals surface area contributed by atoms with Crippen molar-refractivity contribution in [2.75, 3.05) is 49.5 Å². The topological polar surface area (TPSA) is 126 Å². The van der Waals surface area contributed by atoms with E-state index in [1.165, 1.54) is 12.3 Å². The molecule has 6 rings (SSSR count). The first-order valence-corrected chi connectivity index (χ1v) is 13.4. The fourth-order valence-corrected chi connectivity index (χ4v) is 5.24. The lowest BCUT2D eigenvalue weighted by Crippen LogP contribution is -2.46. The number of fused-ring (bicyclic) bond motifs is 1. The molecular formula is C29H30FN7O3. The number of nitrogens with one attached hydrogen (secondary N) is 3. The van der Waals surface area contributed by atoms with Crippen LogP contribution in [0.15, 0.2) is 59.7 Å². The molecule has 0 bridgehead atoms. The summed E-state index contributed by atoms with van der Waals surface area (Å²) in [6.07, 6.45) is 4.43. The van der Waals surface area contributed by atoms with Gasteiger partial charge in [0.2, 0.25) is 0 Å². The second kappa shape index (κ2) is 11.0. The number of aromatic nitrogens is 3. The molecule has 4 aromatic rings. The zero-order chi connectivity index (χ0) is 27.6. The molecule has 3 aromatic heterocycles. The van der Waals surface area contributed by atoms with E-state index >= 15 is 4.39 Å². The summed E-state index contributed by atoms with van der Waals surface area (Å²) in [6.45, 7) is 4.09. The van der Waals surface area contributed by atoms with Crippen LogP contribution in [0.2, 0.25) is 0 Å². The Hall–Kier alpha value is -4.35. The predicted octanol–water partition coefficient (Wildman–Crippen LogP) is 2.87. The van der Waals surface area contributed by atoms with Gasteiger partial charge in [-0.3, -0.25) is 9.59 Å². The Balaban J connectivity index is 1.31. The normalized spacial score (nSPS) is 16.4. The first kappa shape index (κ1) is 25.9. The second-order valence-electron chi connectivity index (χ2n) is 10.1. The third-order valence-corrected chi connectivity index (χ3v) is 7.47. The van der Waals surface area contributed by atoms with Gasteiger partial charge in [-0.2, -0.15) is 0 Å². The van der Waals surface area contributed by atoms with Crippen LogP contribution in [0.25, 0.3) is 22.2 Å². The number of rotatable bonds is 5. The van der Waals surface area contributed by atoms with Crippen molar-refractivity contribution < 1.29 is 14.3 Å². The summed E-state index contributed by atoms with van der Waals surface area (Å²) in [6, 6.07) is 11.5. The Kier molecular flexibility index (Phi) is 7.14. The fraction of sp³-hybridized carbons (Fsp3) is 0.310. The Morgan fingerprint density at radius 1 is 1.05 bits per heavy atom. The van der Waals surface area contributed by atoms with Crippen molar-refractivity contribution in [1.82, 2.24) is 25.2 Å². The molecule has 0 spiro atoms. The molecule has 2 fully saturated rings. The Bertz CT molecular complexity index is 1590. The number of benzene rings is 1. The number of piperidine rings is 1. The minimum Gasteiger partial charge on any atom is -0.393 e. The Morgan fingerprint density at radius 3 is 2.58 bits per heavy atom. The number of hydrogen-bond donors (Lipinski definition) is 4. The van der Waals surface area contributed by atoms with Gasteiger partial charge in [0.05, 0.1) is 40.3 Å². The molecule has 206 valence electrons. The van der Waals surface area contributed by atoms with E-state index in [-0.39, 0.29) is 28.7 Å². The van der Waals surface area contributed by atoms with E-state index in [9.17, 15) is 14.7 Å². The summed E-state index contributed by atoms with van der Waals surface area (Å²) >= 11 is 0. The molecule has 0 saturated carbocycles. The number of hydrogen-bond acceptors (Lipinski definition) is 8. The molecule has 0 atom stereocenters. The number of aliphatic hydroxyl groups is 1. The van der Waals surface area contributed by atoms with Crippen LogP contribution in [-0.4, -0.2) is 76.2 Å². The molecular weight excluding hydrogens is 513 g/mol. The number of carbonyl (C=O) groups is 1. The smallest absolute Gasteiger partial charge is 0.259 e. The van der Waals surface area contributed by atoms with Crippen LogP contribution in [0.5, 0.6) is 0 Å². The predicted molar refractivity (Wildman–Crippen MR) is 152 cm³/mol. The Morgan fingerprint density at radius 2 is 1.85 bits per heavy atom. The molecule has 1 amide bonds. The van der Waals surface area contributed by atoms with Gasteiger partial charge in [-0.15, -0.1) is 0 Å². The van der Waals surface area contributed by atoms with Crippen molar-refractivity contribution in [1.29, 1.82) is 0 Å². The van der Waals surface area contributed by atoms with Crippen molar-refractivity contribution in [2.45, 2.75) is 18.9 Å². The van der Waals surface area contributed by atoms with Crippen molar-refractivity contribution in [3.05, 3.63) is 76.6 Å². The number of amides is 1. The highest BCUT2D eigenvalue weighted by Crippen LogP contribution is 2.31. The quantitative estimate of drug-likeness (QED) is 0.303. The van der Waals surface area contributed by atoms with Crippen LogP contribution in [0, 0.1) is 5.82 Å². The zero-order valence-electron chi connectivity index (χ0n) is 21.9. The van der Waals surface area contributed by atoms with Gasteiger partial charge in [-0.05, 0) is 55.3 Å². The second-order valence-corrected chi connectivity index (χ2v) is 10.1. The summed E-state index contributed by atoms with van der Waals surface area (Å²) in [7, 11) is 0. The van der Waals surface area contributed by atoms with Gasteiger partial charge < -0.3 is 30.5 Å². The van der Waals surface area contributed by atoms with Crippen LogP contribution in [0.1, 0.15) is 23.2 Å². The van der Waals surface area contributed by atoms with E-state index in [1.54, 1.807) is 35.4 Å². The third kappa shape index (κ3) is 5.25. The number of aliphatic hydroxyl groups excluding tert-OH is 1. The molecule has 0 aliphatic carbocycles. The summed E-state index contributed by atoms with van der Waals surface area (Å²) < 4.78 is 15.4. The lowest BCUT2D eigenvalue weighted by Gasteiger charge is -2.31. The van der Waals surface area contributed by atoms with E-state index in [4.69, 9.17) is 0 Å². The minimum atomic E-state index is -0.572. The van der Waals surface area contributed by atoms with Gasteiger partial charge in [-0.1, -0.05) is 0 Å². The Labute approximate surface area is 229 Å². The highest BCUT2D eigenvalue weighted by atomic mass is 19.1. The number of piperazine rings is 1. The third-order valence-electron chi connectivity index (χ3n) is 7.47. The number of anilines is 3. The first-order chi connectivity index (χ1) is 19.5. The monoisotopic (exact) mass is 543 g/mol. The van der Waals surface area contributed by atoms with E-state index in [2.05, 4.69) is 30.5 Å². The number of nitrogens with zero attached hydrogens (tertiary/aromatic N) is 4. The molecule has 2 saturated heterocycles. The fourth-order valence-electron chi connectivity index (χ4n) is 5.24. The van der Waals surface area contributed by atoms with Gasteiger partial charge in [0.25, 0.3) is 11.5 Å². The van der Waals surface area contributed by atoms with Gasteiger partial charge in [0.1, 0.15) is 11.6 Å². The number of pyridine rings is 3. The average Bonchev–Trinajstić information content (AvgIpc) is 2.98. The van der Waals surface area contributed by atoms with Crippen LogP contribution >= 0.6 is 0 Å². The van der Waals surface area contributed by atoms with E-state index < -0.39 is 5.82 Å². The zero-order valence-corrected chi connectivity index (χ0v) is 21.9. The highest BCUT2D eigenvalue weighted by molar-refractivity contribution is 5.96. The van der Waals surface area contributed by atoms with Crippen LogP contribution in [0.3, 0.4) is 0 Å². The van der Waals surface area contributed by atoms with Crippen LogP contribution in [-0.2, 0) is 0 Å². The average molecular weight is 544 g/mol. The van der Waals surface area contributed by atoms with Crippen molar-refractivity contribution in [2.24, 2.45) is 0 Å². The molecule has 0 unspecified atom stereocenters. The van der Waals surface area contributed by atoms with Gasteiger partial charge >= 0.3 is 0 Å². The molecule has 10 nitrogen and oxygen atoms in total. The number of H-pyrrole nitrogens is 1. The lowest BCUT2D eigenvalue weighted by atomic mass is 10.0. The standard InChI is InChI=1S/C29H30FN7O3/c30-22-15-18(29(40)37-13-9-31-10-14-37)1-3-21(22)24-16-25(27-23(34-24)5-8-32-28(27)39)35-26-4-2-19(17-33-26)36-11-6-20(38)7-12-36/h1-5,8,15-17,20,31,38H,6-7,9-14H2,(H,32,39)(H,33,34,35). The molecule has 2 aliphatic heterocycles. The maximum Gasteiger partial charge on any atom is 0.259 e. The maximum atomic E-state index is 15.4.